The lowest BCUT2D eigenvalue weighted by Crippen LogP contribution is -2.43. The van der Waals surface area contributed by atoms with E-state index < -0.39 is 0 Å². The molecule has 2 N–H and O–H groups in total. The highest BCUT2D eigenvalue weighted by Gasteiger charge is 2.22. The third kappa shape index (κ3) is 7.96. The summed E-state index contributed by atoms with van der Waals surface area (Å²) in [6.45, 7) is 16.6. The zero-order valence-corrected chi connectivity index (χ0v) is 22.3. The van der Waals surface area contributed by atoms with Crippen molar-refractivity contribution in [2.45, 2.75) is 66.5 Å². The number of aryl methyl sites for hydroxylation is 1. The molecular formula is C21H38IN5O2S. The van der Waals surface area contributed by atoms with E-state index in [-0.39, 0.29) is 36.0 Å². The maximum absolute atomic E-state index is 12.1. The fourth-order valence-electron chi connectivity index (χ4n) is 3.38. The molecule has 1 aromatic rings. The Morgan fingerprint density at radius 3 is 2.60 bits per heavy atom. The number of halogens is 1. The molecule has 0 bridgehead atoms. The zero-order valence-electron chi connectivity index (χ0n) is 19.2. The van der Waals surface area contributed by atoms with Crippen LogP contribution in [-0.4, -0.2) is 60.6 Å². The van der Waals surface area contributed by atoms with Crippen molar-refractivity contribution in [2.75, 3.05) is 32.8 Å². The number of ether oxygens (including phenoxy) is 1. The minimum atomic E-state index is -0.300. The van der Waals surface area contributed by atoms with Crippen molar-refractivity contribution in [3.05, 3.63) is 15.6 Å². The van der Waals surface area contributed by atoms with Gasteiger partial charge in [0.2, 0.25) is 0 Å². The van der Waals surface area contributed by atoms with Gasteiger partial charge < -0.3 is 15.4 Å². The third-order valence-electron chi connectivity index (χ3n) is 5.30. The summed E-state index contributed by atoms with van der Waals surface area (Å²) in [4.78, 5) is 24.5. The molecule has 0 spiro atoms. The van der Waals surface area contributed by atoms with Gasteiger partial charge in [0, 0.05) is 12.6 Å². The number of carbonyl (C=O) groups excluding carboxylic acids is 1. The predicted molar refractivity (Wildman–Crippen MR) is 135 cm³/mol. The van der Waals surface area contributed by atoms with Gasteiger partial charge in [-0.1, -0.05) is 6.92 Å². The van der Waals surface area contributed by atoms with Gasteiger partial charge in [0.25, 0.3) is 0 Å². The number of guanidine groups is 1. The second-order valence-electron chi connectivity index (χ2n) is 7.84. The molecule has 1 fully saturated rings. The summed E-state index contributed by atoms with van der Waals surface area (Å²) in [6.07, 6.45) is 2.55. The first-order valence-electron chi connectivity index (χ1n) is 10.8. The fourth-order valence-corrected chi connectivity index (χ4v) is 4.35. The van der Waals surface area contributed by atoms with Crippen LogP contribution in [0.25, 0.3) is 0 Å². The average molecular weight is 552 g/mol. The van der Waals surface area contributed by atoms with Gasteiger partial charge in [0.1, 0.15) is 9.88 Å². The molecule has 2 heterocycles. The van der Waals surface area contributed by atoms with Crippen LogP contribution in [-0.2, 0) is 4.74 Å². The fraction of sp³-hybridized carbons (Fsp3) is 0.762. The zero-order chi connectivity index (χ0) is 21.4. The van der Waals surface area contributed by atoms with Gasteiger partial charge >= 0.3 is 5.97 Å². The lowest BCUT2D eigenvalue weighted by Gasteiger charge is -2.34. The van der Waals surface area contributed by atoms with Crippen LogP contribution in [0, 0.1) is 12.8 Å². The number of likely N-dealkylation sites (tertiary alicyclic amines) is 1. The van der Waals surface area contributed by atoms with Crippen molar-refractivity contribution in [2.24, 2.45) is 10.9 Å². The summed E-state index contributed by atoms with van der Waals surface area (Å²) in [6, 6.07) is 0.372. The van der Waals surface area contributed by atoms with E-state index in [1.54, 1.807) is 0 Å². The average Bonchev–Trinajstić information content (AvgIpc) is 3.08. The quantitative estimate of drug-likeness (QED) is 0.220. The van der Waals surface area contributed by atoms with Gasteiger partial charge in [-0.25, -0.2) is 9.78 Å². The highest BCUT2D eigenvalue weighted by atomic mass is 127. The Balaban J connectivity index is 0.00000450. The van der Waals surface area contributed by atoms with E-state index in [9.17, 15) is 4.79 Å². The van der Waals surface area contributed by atoms with Gasteiger partial charge in [-0.15, -0.1) is 35.3 Å². The van der Waals surface area contributed by atoms with Crippen LogP contribution in [0.1, 0.15) is 73.9 Å². The number of thiazole rings is 1. The molecule has 1 aliphatic rings. The molecule has 7 nitrogen and oxygen atoms in total. The lowest BCUT2D eigenvalue weighted by molar-refractivity contribution is 0.0531. The number of nitrogens with zero attached hydrogens (tertiary/aromatic N) is 3. The minimum absolute atomic E-state index is 0. The van der Waals surface area contributed by atoms with Crippen LogP contribution in [0.3, 0.4) is 0 Å². The maximum Gasteiger partial charge on any atom is 0.350 e. The monoisotopic (exact) mass is 551 g/mol. The first-order chi connectivity index (χ1) is 13.8. The van der Waals surface area contributed by atoms with E-state index in [1.807, 2.05) is 20.8 Å². The number of aliphatic imine (C=N–C) groups is 1. The molecule has 172 valence electrons. The van der Waals surface area contributed by atoms with Gasteiger partial charge in [0.05, 0.1) is 24.9 Å². The molecule has 1 aromatic heterocycles. The van der Waals surface area contributed by atoms with Crippen molar-refractivity contribution in [3.63, 3.8) is 0 Å². The third-order valence-corrected chi connectivity index (χ3v) is 6.62. The van der Waals surface area contributed by atoms with E-state index in [0.29, 0.717) is 23.2 Å². The number of piperidine rings is 1. The van der Waals surface area contributed by atoms with Crippen LogP contribution >= 0.6 is 35.3 Å². The van der Waals surface area contributed by atoms with Crippen LogP contribution < -0.4 is 10.6 Å². The minimum Gasteiger partial charge on any atom is -0.462 e. The molecular weight excluding hydrogens is 513 g/mol. The van der Waals surface area contributed by atoms with Crippen molar-refractivity contribution in [1.82, 2.24) is 20.5 Å². The van der Waals surface area contributed by atoms with Crippen LogP contribution in [0.2, 0.25) is 0 Å². The second-order valence-corrected chi connectivity index (χ2v) is 8.87. The van der Waals surface area contributed by atoms with Crippen molar-refractivity contribution < 1.29 is 9.53 Å². The number of aromatic nitrogens is 1. The molecule has 0 saturated carbocycles. The Bertz CT molecular complexity index is 689. The summed E-state index contributed by atoms with van der Waals surface area (Å²) in [5.41, 5.74) is 0.715. The Hall–Kier alpha value is -0.940. The number of carbonyl (C=O) groups is 1. The van der Waals surface area contributed by atoms with Gasteiger partial charge in [0.15, 0.2) is 5.96 Å². The molecule has 0 aromatic carbocycles. The molecule has 30 heavy (non-hydrogen) atoms. The molecule has 9 heteroatoms. The van der Waals surface area contributed by atoms with Gasteiger partial charge in [-0.2, -0.15) is 0 Å². The Kier molecular flexibility index (Phi) is 12.2. The molecule has 0 aliphatic carbocycles. The summed E-state index contributed by atoms with van der Waals surface area (Å²) in [5.74, 6) is 1.32. The number of nitrogens with one attached hydrogen (secondary N) is 2. The number of hydrogen-bond acceptors (Lipinski definition) is 6. The lowest BCUT2D eigenvalue weighted by atomic mass is 9.98. The molecule has 0 amide bonds. The first kappa shape index (κ1) is 27.1. The molecule has 2 rings (SSSR count). The van der Waals surface area contributed by atoms with E-state index in [1.165, 1.54) is 24.2 Å². The van der Waals surface area contributed by atoms with E-state index in [0.717, 1.165) is 43.1 Å². The normalized spacial score (nSPS) is 17.7. The van der Waals surface area contributed by atoms with Crippen LogP contribution in [0.15, 0.2) is 4.99 Å². The topological polar surface area (TPSA) is 78.9 Å². The molecule has 2 unspecified atom stereocenters. The molecule has 0 radical (unpaired) electrons. The highest BCUT2D eigenvalue weighted by molar-refractivity contribution is 14.0. The SMILES string of the molecule is CCNC(=NCC(C)N1CCC(C)CC1)NC(C)c1nc(C)c(C(=O)OCC)s1.I. The van der Waals surface area contributed by atoms with Gasteiger partial charge in [-0.3, -0.25) is 9.89 Å². The maximum atomic E-state index is 12.1. The Morgan fingerprint density at radius 2 is 2.00 bits per heavy atom. The second kappa shape index (κ2) is 13.5. The number of rotatable bonds is 8. The molecule has 1 saturated heterocycles. The smallest absolute Gasteiger partial charge is 0.350 e. The van der Waals surface area contributed by atoms with Crippen molar-refractivity contribution in [3.8, 4) is 0 Å². The predicted octanol–water partition coefficient (Wildman–Crippen LogP) is 3.98. The van der Waals surface area contributed by atoms with Crippen molar-refractivity contribution >= 4 is 47.2 Å². The summed E-state index contributed by atoms with van der Waals surface area (Å²) >= 11 is 1.38. The largest absolute Gasteiger partial charge is 0.462 e. The van der Waals surface area contributed by atoms with Crippen LogP contribution in [0.4, 0.5) is 0 Å². The summed E-state index contributed by atoms with van der Waals surface area (Å²) in [5, 5.41) is 7.60. The number of esters is 1. The summed E-state index contributed by atoms with van der Waals surface area (Å²) in [7, 11) is 0. The van der Waals surface area contributed by atoms with E-state index >= 15 is 0 Å². The summed E-state index contributed by atoms with van der Waals surface area (Å²) < 4.78 is 5.12. The van der Waals surface area contributed by atoms with Crippen LogP contribution in [0.5, 0.6) is 0 Å². The Morgan fingerprint density at radius 1 is 1.33 bits per heavy atom. The van der Waals surface area contributed by atoms with Crippen molar-refractivity contribution in [1.29, 1.82) is 0 Å². The first-order valence-corrected chi connectivity index (χ1v) is 11.6. The number of hydrogen-bond donors (Lipinski definition) is 2. The standard InChI is InChI=1S/C21H37N5O2S.HI/c1-7-22-21(23-13-15(4)26-11-9-14(3)10-12-26)25-17(6)19-24-16(5)18(29-19)20(27)28-8-2;/h14-15,17H,7-13H2,1-6H3,(H2,22,23,25);1H. The molecule has 1 aliphatic heterocycles. The molecule has 2 atom stereocenters. The van der Waals surface area contributed by atoms with Gasteiger partial charge in [-0.05, 0) is 66.5 Å². The van der Waals surface area contributed by atoms with E-state index in [4.69, 9.17) is 9.73 Å². The van der Waals surface area contributed by atoms with E-state index in [2.05, 4.69) is 41.3 Å². The Labute approximate surface area is 202 Å². The highest BCUT2D eigenvalue weighted by Crippen LogP contribution is 2.24.